The SMILES string of the molecule is C.CC.CC.CC.CC.CC.CCc1c2cc(C)c(C)cc2c(C(C)C)c2cc(C)c(C)cc12. The molecular formula is C34H62. The first-order valence-corrected chi connectivity index (χ1v) is 13.8. The minimum atomic E-state index is 0. The van der Waals surface area contributed by atoms with Crippen LogP contribution in [0.4, 0.5) is 0 Å². The number of benzene rings is 3. The van der Waals surface area contributed by atoms with Gasteiger partial charge in [-0.2, -0.15) is 0 Å². The summed E-state index contributed by atoms with van der Waals surface area (Å²) in [6.45, 7) is 35.9. The van der Waals surface area contributed by atoms with Crippen LogP contribution in [-0.2, 0) is 6.42 Å². The first-order chi connectivity index (χ1) is 15.8. The van der Waals surface area contributed by atoms with Gasteiger partial charge in [-0.15, -0.1) is 0 Å². The van der Waals surface area contributed by atoms with Crippen LogP contribution >= 0.6 is 0 Å². The quantitative estimate of drug-likeness (QED) is 0.327. The summed E-state index contributed by atoms with van der Waals surface area (Å²) in [5, 5.41) is 5.82. The van der Waals surface area contributed by atoms with Crippen molar-refractivity contribution in [3.8, 4) is 0 Å². The molecule has 0 aliphatic heterocycles. The fourth-order valence-corrected chi connectivity index (χ4v) is 3.87. The molecule has 0 saturated heterocycles. The molecular weight excluding hydrogens is 408 g/mol. The lowest BCUT2D eigenvalue weighted by molar-refractivity contribution is 0.884. The molecule has 0 amide bonds. The Morgan fingerprint density at radius 2 is 0.735 bits per heavy atom. The van der Waals surface area contributed by atoms with Crippen LogP contribution in [-0.4, -0.2) is 0 Å². The Hall–Kier alpha value is -1.82. The summed E-state index contributed by atoms with van der Waals surface area (Å²) in [6, 6.07) is 9.63. The zero-order chi connectivity index (χ0) is 26.9. The van der Waals surface area contributed by atoms with Gasteiger partial charge in [0.2, 0.25) is 0 Å². The highest BCUT2D eigenvalue weighted by Crippen LogP contribution is 2.39. The van der Waals surface area contributed by atoms with Crippen LogP contribution in [0.25, 0.3) is 21.5 Å². The maximum absolute atomic E-state index is 2.41. The van der Waals surface area contributed by atoms with E-state index in [1.54, 1.807) is 0 Å². The summed E-state index contributed by atoms with van der Waals surface area (Å²) in [5.41, 5.74) is 8.59. The molecule has 3 aromatic rings. The molecule has 0 aromatic heterocycles. The predicted molar refractivity (Wildman–Crippen MR) is 167 cm³/mol. The normalized spacial score (nSPS) is 8.88. The summed E-state index contributed by atoms with van der Waals surface area (Å²) in [5.74, 6) is 0.523. The minimum absolute atomic E-state index is 0. The molecule has 3 aromatic carbocycles. The summed E-state index contributed by atoms with van der Waals surface area (Å²) < 4.78 is 0. The minimum Gasteiger partial charge on any atom is -0.0776 e. The number of hydrogen-bond acceptors (Lipinski definition) is 0. The molecule has 0 radical (unpaired) electrons. The van der Waals surface area contributed by atoms with Crippen LogP contribution in [0.15, 0.2) is 24.3 Å². The van der Waals surface area contributed by atoms with Gasteiger partial charge >= 0.3 is 0 Å². The van der Waals surface area contributed by atoms with Crippen molar-refractivity contribution in [1.82, 2.24) is 0 Å². The zero-order valence-corrected chi connectivity index (χ0v) is 25.6. The van der Waals surface area contributed by atoms with Crippen molar-refractivity contribution in [2.75, 3.05) is 0 Å². The molecule has 0 fully saturated rings. The molecule has 0 N–H and O–H groups in total. The number of fused-ring (bicyclic) bond motifs is 2. The molecule has 3 rings (SSSR count). The van der Waals surface area contributed by atoms with Crippen molar-refractivity contribution >= 4 is 21.5 Å². The van der Waals surface area contributed by atoms with Gasteiger partial charge < -0.3 is 0 Å². The Labute approximate surface area is 216 Å². The highest BCUT2D eigenvalue weighted by atomic mass is 14.2. The van der Waals surface area contributed by atoms with Crippen molar-refractivity contribution < 1.29 is 0 Å². The van der Waals surface area contributed by atoms with Gasteiger partial charge in [0.15, 0.2) is 0 Å². The Morgan fingerprint density at radius 3 is 0.941 bits per heavy atom. The summed E-state index contributed by atoms with van der Waals surface area (Å²) in [7, 11) is 0. The van der Waals surface area contributed by atoms with E-state index in [4.69, 9.17) is 0 Å². The molecule has 0 heteroatoms. The zero-order valence-electron chi connectivity index (χ0n) is 25.6. The molecule has 0 aliphatic rings. The Bertz CT molecular complexity index is 842. The lowest BCUT2D eigenvalue weighted by Crippen LogP contribution is -1.99. The first-order valence-electron chi connectivity index (χ1n) is 13.8. The van der Waals surface area contributed by atoms with E-state index in [1.165, 1.54) is 54.9 Å². The van der Waals surface area contributed by atoms with Crippen LogP contribution in [0, 0.1) is 27.7 Å². The average Bonchev–Trinajstić information content (AvgIpc) is 2.86. The summed E-state index contributed by atoms with van der Waals surface area (Å²) in [4.78, 5) is 0. The van der Waals surface area contributed by atoms with Crippen molar-refractivity contribution in [1.29, 1.82) is 0 Å². The van der Waals surface area contributed by atoms with Crippen LogP contribution in [0.1, 0.15) is 137 Å². The second-order valence-electron chi connectivity index (χ2n) is 7.36. The highest BCUT2D eigenvalue weighted by Gasteiger charge is 2.17. The van der Waals surface area contributed by atoms with Gasteiger partial charge in [-0.05, 0) is 95.0 Å². The lowest BCUT2D eigenvalue weighted by atomic mass is 9.83. The maximum atomic E-state index is 2.41. The largest absolute Gasteiger partial charge is 0.0776 e. The monoisotopic (exact) mass is 470 g/mol. The fraction of sp³-hybridized carbons (Fsp3) is 0.588. The molecule has 0 aliphatic carbocycles. The smallest absolute Gasteiger partial charge is 0.0137 e. The third-order valence-electron chi connectivity index (χ3n) is 5.43. The van der Waals surface area contributed by atoms with E-state index in [0.29, 0.717) is 5.92 Å². The van der Waals surface area contributed by atoms with E-state index >= 15 is 0 Å². The van der Waals surface area contributed by atoms with Gasteiger partial charge in [-0.3, -0.25) is 0 Å². The van der Waals surface area contributed by atoms with E-state index in [0.717, 1.165) is 6.42 Å². The second kappa shape index (κ2) is 21.7. The lowest BCUT2D eigenvalue weighted by Gasteiger charge is -2.21. The van der Waals surface area contributed by atoms with Gasteiger partial charge in [0.05, 0.1) is 0 Å². The second-order valence-corrected chi connectivity index (χ2v) is 7.36. The van der Waals surface area contributed by atoms with Gasteiger partial charge in [-0.1, -0.05) is 122 Å². The Kier molecular flexibility index (Phi) is 25.1. The molecule has 34 heavy (non-hydrogen) atoms. The molecule has 198 valence electrons. The van der Waals surface area contributed by atoms with E-state index in [2.05, 4.69) is 72.7 Å². The Morgan fingerprint density at radius 1 is 0.500 bits per heavy atom. The Balaban J connectivity index is -0.000000364. The maximum Gasteiger partial charge on any atom is -0.0137 e. The van der Waals surface area contributed by atoms with Crippen LogP contribution in [0.5, 0.6) is 0 Å². The van der Waals surface area contributed by atoms with Crippen molar-refractivity contribution in [3.05, 3.63) is 57.6 Å². The fourth-order valence-electron chi connectivity index (χ4n) is 3.87. The topological polar surface area (TPSA) is 0 Å². The molecule has 0 bridgehead atoms. The van der Waals surface area contributed by atoms with E-state index < -0.39 is 0 Å². The summed E-state index contributed by atoms with van der Waals surface area (Å²) in [6.07, 6.45) is 1.08. The van der Waals surface area contributed by atoms with Crippen LogP contribution < -0.4 is 0 Å². The molecule has 0 unspecified atom stereocenters. The third kappa shape index (κ3) is 9.44. The van der Waals surface area contributed by atoms with E-state index in [9.17, 15) is 0 Å². The molecule has 0 nitrogen and oxygen atoms in total. The number of rotatable bonds is 2. The number of hydrogen-bond donors (Lipinski definition) is 0. The molecule has 0 spiro atoms. The molecule has 0 saturated carbocycles. The van der Waals surface area contributed by atoms with E-state index in [1.807, 2.05) is 69.2 Å². The molecule has 0 heterocycles. The van der Waals surface area contributed by atoms with Gasteiger partial charge in [0.1, 0.15) is 0 Å². The van der Waals surface area contributed by atoms with Crippen molar-refractivity contribution in [3.63, 3.8) is 0 Å². The van der Waals surface area contributed by atoms with Crippen molar-refractivity contribution in [2.24, 2.45) is 0 Å². The average molecular weight is 471 g/mol. The highest BCUT2D eigenvalue weighted by molar-refractivity contribution is 6.07. The standard InChI is InChI=1S/C23H28.5C2H6.CH4/c1-8-18-19-9-14(4)16(6)11-21(19)23(13(2)3)22-12-17(7)15(5)10-20(18)22;5*1-2;/h9-13H,8H2,1-7H3;5*1-2H3;1H4. The number of aryl methyl sites for hydroxylation is 5. The van der Waals surface area contributed by atoms with Crippen LogP contribution in [0.3, 0.4) is 0 Å². The van der Waals surface area contributed by atoms with Gasteiger partial charge in [0.25, 0.3) is 0 Å². The third-order valence-corrected chi connectivity index (χ3v) is 5.43. The van der Waals surface area contributed by atoms with Gasteiger partial charge in [-0.25, -0.2) is 0 Å². The van der Waals surface area contributed by atoms with Crippen molar-refractivity contribution in [2.45, 2.75) is 137 Å². The first kappa shape index (κ1) is 39.4. The van der Waals surface area contributed by atoms with Gasteiger partial charge in [0, 0.05) is 0 Å². The summed E-state index contributed by atoms with van der Waals surface area (Å²) >= 11 is 0. The van der Waals surface area contributed by atoms with E-state index in [-0.39, 0.29) is 7.43 Å². The predicted octanol–water partition coefficient (Wildman–Crippen LogP) is 12.7. The molecule has 0 atom stereocenters. The van der Waals surface area contributed by atoms with Crippen LogP contribution in [0.2, 0.25) is 0 Å².